The largest absolute Gasteiger partial charge is 0.459 e. The van der Waals surface area contributed by atoms with Gasteiger partial charge in [-0.2, -0.15) is 0 Å². The van der Waals surface area contributed by atoms with Crippen molar-refractivity contribution in [1.82, 2.24) is 9.88 Å². The van der Waals surface area contributed by atoms with E-state index in [2.05, 4.69) is 10.3 Å². The summed E-state index contributed by atoms with van der Waals surface area (Å²) in [6, 6.07) is 6.53. The van der Waals surface area contributed by atoms with Crippen LogP contribution in [0.3, 0.4) is 0 Å². The molecule has 0 radical (unpaired) electrons. The minimum absolute atomic E-state index is 0.134. The molecule has 0 atom stereocenters. The Kier molecular flexibility index (Phi) is 5.08. The number of aromatic nitrogens is 1. The number of hydrogen-bond acceptors (Lipinski definition) is 5. The summed E-state index contributed by atoms with van der Waals surface area (Å²) in [7, 11) is 1.47. The highest BCUT2D eigenvalue weighted by Crippen LogP contribution is 2.26. The second-order valence-corrected chi connectivity index (χ2v) is 6.21. The van der Waals surface area contributed by atoms with Crippen molar-refractivity contribution in [2.75, 3.05) is 18.9 Å². The van der Waals surface area contributed by atoms with Crippen LogP contribution in [0.2, 0.25) is 0 Å². The van der Waals surface area contributed by atoms with Crippen molar-refractivity contribution >= 4 is 28.3 Å². The van der Waals surface area contributed by atoms with E-state index < -0.39 is 23.4 Å². The maximum absolute atomic E-state index is 13.3. The maximum atomic E-state index is 13.3. The number of rotatable bonds is 5. The number of likely N-dealkylation sites (N-methyl/N-ethyl adjacent to an activating group) is 1. The zero-order valence-corrected chi connectivity index (χ0v) is 14.3. The fourth-order valence-corrected chi connectivity index (χ4v) is 2.89. The Morgan fingerprint density at radius 2 is 2.08 bits per heavy atom. The first-order chi connectivity index (χ1) is 12.4. The predicted molar refractivity (Wildman–Crippen MR) is 91.8 cm³/mol. The molecule has 0 saturated heterocycles. The van der Waals surface area contributed by atoms with Crippen LogP contribution in [0.25, 0.3) is 11.3 Å². The third-order valence-corrected chi connectivity index (χ3v) is 4.18. The van der Waals surface area contributed by atoms with E-state index in [0.29, 0.717) is 11.3 Å². The third-order valence-electron chi connectivity index (χ3n) is 3.43. The number of halogens is 2. The van der Waals surface area contributed by atoms with E-state index in [1.165, 1.54) is 30.3 Å². The Morgan fingerprint density at radius 1 is 1.27 bits per heavy atom. The van der Waals surface area contributed by atoms with Crippen molar-refractivity contribution < 1.29 is 22.8 Å². The number of carbonyl (C=O) groups excluding carboxylic acids is 2. The summed E-state index contributed by atoms with van der Waals surface area (Å²) in [5, 5.41) is 4.46. The Morgan fingerprint density at radius 3 is 2.77 bits per heavy atom. The highest BCUT2D eigenvalue weighted by molar-refractivity contribution is 7.14. The van der Waals surface area contributed by atoms with Gasteiger partial charge in [-0.3, -0.25) is 9.59 Å². The molecule has 1 N–H and O–H groups in total. The molecule has 134 valence electrons. The van der Waals surface area contributed by atoms with Gasteiger partial charge < -0.3 is 14.6 Å². The number of nitrogens with one attached hydrogen (secondary N) is 1. The van der Waals surface area contributed by atoms with Gasteiger partial charge in [-0.05, 0) is 30.3 Å². The quantitative estimate of drug-likeness (QED) is 0.740. The molecule has 9 heteroatoms. The molecule has 2 heterocycles. The second kappa shape index (κ2) is 7.44. The fourth-order valence-electron chi connectivity index (χ4n) is 2.15. The summed E-state index contributed by atoms with van der Waals surface area (Å²) in [4.78, 5) is 29.5. The topological polar surface area (TPSA) is 75.4 Å². The Balaban J connectivity index is 1.62. The molecule has 3 aromatic rings. The summed E-state index contributed by atoms with van der Waals surface area (Å²) in [5.41, 5.74) is 0.801. The summed E-state index contributed by atoms with van der Waals surface area (Å²) >= 11 is 1.13. The SMILES string of the molecule is CN(CC(=O)Nc1nc(-c2ccc(F)c(F)c2)cs1)C(=O)c1ccco1. The molecule has 0 bridgehead atoms. The van der Waals surface area contributed by atoms with Crippen molar-refractivity contribution in [3.05, 3.63) is 59.4 Å². The van der Waals surface area contributed by atoms with Crippen LogP contribution in [0.5, 0.6) is 0 Å². The number of amides is 2. The van der Waals surface area contributed by atoms with Gasteiger partial charge in [0.05, 0.1) is 12.0 Å². The zero-order chi connectivity index (χ0) is 18.7. The summed E-state index contributed by atoms with van der Waals surface area (Å²) in [5.74, 6) is -2.65. The van der Waals surface area contributed by atoms with E-state index in [1.54, 1.807) is 11.4 Å². The monoisotopic (exact) mass is 377 g/mol. The molecular formula is C17H13F2N3O3S. The minimum atomic E-state index is -0.973. The summed E-state index contributed by atoms with van der Waals surface area (Å²) in [6.07, 6.45) is 1.37. The van der Waals surface area contributed by atoms with Gasteiger partial charge in [-0.25, -0.2) is 13.8 Å². The molecule has 0 aliphatic heterocycles. The molecule has 2 aromatic heterocycles. The molecule has 0 fully saturated rings. The number of hydrogen-bond donors (Lipinski definition) is 1. The molecule has 0 aliphatic rings. The smallest absolute Gasteiger partial charge is 0.289 e. The standard InChI is InChI=1S/C17H13F2N3O3S/c1-22(16(24)14-3-2-6-25-14)8-15(23)21-17-20-13(9-26-17)10-4-5-11(18)12(19)7-10/h2-7,9H,8H2,1H3,(H,20,21,23). The van der Waals surface area contributed by atoms with Crippen molar-refractivity contribution in [1.29, 1.82) is 0 Å². The first kappa shape index (κ1) is 17.7. The average Bonchev–Trinajstić information content (AvgIpc) is 3.28. The highest BCUT2D eigenvalue weighted by Gasteiger charge is 2.18. The van der Waals surface area contributed by atoms with E-state index in [4.69, 9.17) is 4.42 Å². The maximum Gasteiger partial charge on any atom is 0.289 e. The van der Waals surface area contributed by atoms with Crippen LogP contribution in [0.4, 0.5) is 13.9 Å². The van der Waals surface area contributed by atoms with Gasteiger partial charge in [0.15, 0.2) is 22.5 Å². The van der Waals surface area contributed by atoms with Crippen LogP contribution in [-0.2, 0) is 4.79 Å². The molecule has 0 unspecified atom stereocenters. The van der Waals surface area contributed by atoms with E-state index >= 15 is 0 Å². The molecule has 0 spiro atoms. The van der Waals surface area contributed by atoms with Gasteiger partial charge in [0.1, 0.15) is 6.54 Å². The van der Waals surface area contributed by atoms with E-state index in [-0.39, 0.29) is 17.4 Å². The molecular weight excluding hydrogens is 364 g/mol. The Bertz CT molecular complexity index is 941. The Hall–Kier alpha value is -3.07. The lowest BCUT2D eigenvalue weighted by Crippen LogP contribution is -2.34. The fraction of sp³-hybridized carbons (Fsp3) is 0.118. The van der Waals surface area contributed by atoms with Crippen molar-refractivity contribution in [3.8, 4) is 11.3 Å². The van der Waals surface area contributed by atoms with Crippen molar-refractivity contribution in [3.63, 3.8) is 0 Å². The van der Waals surface area contributed by atoms with Gasteiger partial charge in [-0.1, -0.05) is 0 Å². The van der Waals surface area contributed by atoms with Crippen LogP contribution in [0.1, 0.15) is 10.6 Å². The van der Waals surface area contributed by atoms with E-state index in [1.807, 2.05) is 0 Å². The molecule has 26 heavy (non-hydrogen) atoms. The number of thiazole rings is 1. The summed E-state index contributed by atoms with van der Waals surface area (Å²) in [6.45, 7) is -0.195. The molecule has 1 aromatic carbocycles. The van der Waals surface area contributed by atoms with Gasteiger partial charge in [0.2, 0.25) is 5.91 Å². The molecule has 0 saturated carbocycles. The van der Waals surface area contributed by atoms with Crippen molar-refractivity contribution in [2.24, 2.45) is 0 Å². The number of anilines is 1. The number of furan rings is 1. The predicted octanol–water partition coefficient (Wildman–Crippen LogP) is 3.39. The van der Waals surface area contributed by atoms with Gasteiger partial charge in [-0.15, -0.1) is 11.3 Å². The molecule has 6 nitrogen and oxygen atoms in total. The van der Waals surface area contributed by atoms with E-state index in [9.17, 15) is 18.4 Å². The number of nitrogens with zero attached hydrogens (tertiary/aromatic N) is 2. The summed E-state index contributed by atoms with van der Waals surface area (Å²) < 4.78 is 31.3. The lowest BCUT2D eigenvalue weighted by molar-refractivity contribution is -0.116. The second-order valence-electron chi connectivity index (χ2n) is 5.35. The van der Waals surface area contributed by atoms with Crippen LogP contribution in [0, 0.1) is 11.6 Å². The van der Waals surface area contributed by atoms with Crippen LogP contribution in [0.15, 0.2) is 46.4 Å². The molecule has 2 amide bonds. The van der Waals surface area contributed by atoms with Gasteiger partial charge >= 0.3 is 0 Å². The normalized spacial score (nSPS) is 10.6. The minimum Gasteiger partial charge on any atom is -0.459 e. The lowest BCUT2D eigenvalue weighted by Gasteiger charge is -2.14. The number of benzene rings is 1. The lowest BCUT2D eigenvalue weighted by atomic mass is 10.2. The molecule has 3 rings (SSSR count). The van der Waals surface area contributed by atoms with Gasteiger partial charge in [0, 0.05) is 18.0 Å². The van der Waals surface area contributed by atoms with Crippen LogP contribution in [-0.4, -0.2) is 35.3 Å². The van der Waals surface area contributed by atoms with Crippen molar-refractivity contribution in [2.45, 2.75) is 0 Å². The zero-order valence-electron chi connectivity index (χ0n) is 13.5. The first-order valence-electron chi connectivity index (χ1n) is 7.44. The van der Waals surface area contributed by atoms with E-state index in [0.717, 1.165) is 23.5 Å². The number of carbonyl (C=O) groups is 2. The van der Waals surface area contributed by atoms with Gasteiger partial charge in [0.25, 0.3) is 5.91 Å². The van der Waals surface area contributed by atoms with Crippen LogP contribution < -0.4 is 5.32 Å². The highest BCUT2D eigenvalue weighted by atomic mass is 32.1. The first-order valence-corrected chi connectivity index (χ1v) is 8.32. The molecule has 0 aliphatic carbocycles. The average molecular weight is 377 g/mol. The Labute approximate surface area is 151 Å². The third kappa shape index (κ3) is 3.94. The van der Waals surface area contributed by atoms with Crippen LogP contribution >= 0.6 is 11.3 Å².